The van der Waals surface area contributed by atoms with Crippen LogP contribution in [-0.2, 0) is 9.53 Å². The molecular weight excluding hydrogens is 472 g/mol. The lowest BCUT2D eigenvalue weighted by molar-refractivity contribution is -0.140. The van der Waals surface area contributed by atoms with Crippen LogP contribution in [0.3, 0.4) is 0 Å². The molecule has 186 valence electrons. The van der Waals surface area contributed by atoms with Crippen molar-refractivity contribution in [3.8, 4) is 45.8 Å². The number of ether oxygens (including phenoxy) is 2. The molecule has 0 aliphatic rings. The van der Waals surface area contributed by atoms with E-state index in [0.717, 1.165) is 18.2 Å². The fraction of sp³-hybridized carbons (Fsp3) is 0.154. The Morgan fingerprint density at radius 1 is 0.889 bits per heavy atom. The largest absolute Gasteiger partial charge is 0.507 e. The first-order chi connectivity index (χ1) is 17.2. The predicted molar refractivity (Wildman–Crippen MR) is 128 cm³/mol. The Labute approximate surface area is 203 Å². The van der Waals surface area contributed by atoms with Crippen molar-refractivity contribution in [2.24, 2.45) is 0 Å². The van der Waals surface area contributed by atoms with Crippen molar-refractivity contribution >= 4 is 16.9 Å². The van der Waals surface area contributed by atoms with Crippen LogP contribution in [0.4, 0.5) is 0 Å². The van der Waals surface area contributed by atoms with Gasteiger partial charge in [0.15, 0.2) is 17.3 Å². The first-order valence-corrected chi connectivity index (χ1v) is 10.6. The zero-order valence-electron chi connectivity index (χ0n) is 19.2. The number of carbonyl (C=O) groups is 1. The summed E-state index contributed by atoms with van der Waals surface area (Å²) in [6, 6.07) is 11.0. The zero-order chi connectivity index (χ0) is 26.1. The van der Waals surface area contributed by atoms with Crippen molar-refractivity contribution in [3.63, 3.8) is 0 Å². The van der Waals surface area contributed by atoms with Crippen LogP contribution < -0.4 is 10.2 Å². The quantitative estimate of drug-likeness (QED) is 0.197. The van der Waals surface area contributed by atoms with Gasteiger partial charge in [-0.3, -0.25) is 9.59 Å². The fourth-order valence-corrected chi connectivity index (χ4v) is 4.01. The molecule has 1 atom stereocenters. The summed E-state index contributed by atoms with van der Waals surface area (Å²) >= 11 is 0. The van der Waals surface area contributed by atoms with Gasteiger partial charge < -0.3 is 39.4 Å². The molecule has 0 fully saturated rings. The molecule has 1 unspecified atom stereocenters. The number of rotatable bonds is 6. The standard InChI is InChI=1S/C26H22O10/c1-34-14-6-3-12(4-7-14)15(10-20(31)35-2)21-18(29)11-19(30)22-23(32)24(33)25(36-26(21)22)13-5-8-16(27)17(28)9-13/h3-9,11,15,27-30,33H,10H2,1-2H3. The maximum atomic E-state index is 13.1. The SMILES string of the molecule is COC(=O)CC(c1ccc(OC)cc1)c1c(O)cc(O)c2c(=O)c(O)c(-c3ccc(O)c(O)c3)oc12. The highest BCUT2D eigenvalue weighted by Gasteiger charge is 2.30. The van der Waals surface area contributed by atoms with Crippen molar-refractivity contribution in [3.05, 3.63) is 69.9 Å². The van der Waals surface area contributed by atoms with E-state index in [1.165, 1.54) is 20.3 Å². The Bertz CT molecular complexity index is 1520. The maximum Gasteiger partial charge on any atom is 0.306 e. The Kier molecular flexibility index (Phi) is 6.35. The number of methoxy groups -OCH3 is 2. The van der Waals surface area contributed by atoms with Crippen LogP contribution in [0.15, 0.2) is 57.7 Å². The molecule has 36 heavy (non-hydrogen) atoms. The van der Waals surface area contributed by atoms with E-state index < -0.39 is 51.4 Å². The average Bonchev–Trinajstić information content (AvgIpc) is 2.86. The molecule has 0 spiro atoms. The Morgan fingerprint density at radius 2 is 1.58 bits per heavy atom. The van der Waals surface area contributed by atoms with Gasteiger partial charge >= 0.3 is 5.97 Å². The first kappa shape index (κ1) is 24.3. The van der Waals surface area contributed by atoms with Crippen molar-refractivity contribution in [2.45, 2.75) is 12.3 Å². The second-order valence-corrected chi connectivity index (χ2v) is 7.95. The number of carbonyl (C=O) groups excluding carboxylic acids is 1. The smallest absolute Gasteiger partial charge is 0.306 e. The molecule has 0 saturated heterocycles. The summed E-state index contributed by atoms with van der Waals surface area (Å²) in [6.45, 7) is 0. The van der Waals surface area contributed by atoms with Gasteiger partial charge in [0.25, 0.3) is 0 Å². The van der Waals surface area contributed by atoms with Crippen LogP contribution >= 0.6 is 0 Å². The number of phenolic OH excluding ortho intramolecular Hbond substituents is 4. The number of phenols is 4. The van der Waals surface area contributed by atoms with E-state index in [0.29, 0.717) is 11.3 Å². The minimum atomic E-state index is -1.01. The van der Waals surface area contributed by atoms with E-state index in [4.69, 9.17) is 13.9 Å². The molecule has 10 nitrogen and oxygen atoms in total. The number of hydrogen-bond acceptors (Lipinski definition) is 10. The Hall–Kier alpha value is -4.86. The van der Waals surface area contributed by atoms with E-state index in [1.54, 1.807) is 24.3 Å². The lowest BCUT2D eigenvalue weighted by atomic mass is 9.86. The van der Waals surface area contributed by atoms with Gasteiger partial charge in [0.2, 0.25) is 11.2 Å². The molecular formula is C26H22O10. The molecule has 10 heteroatoms. The van der Waals surface area contributed by atoms with Crippen LogP contribution in [0.5, 0.6) is 34.5 Å². The number of esters is 1. The highest BCUT2D eigenvalue weighted by Crippen LogP contribution is 2.45. The summed E-state index contributed by atoms with van der Waals surface area (Å²) in [7, 11) is 2.69. The van der Waals surface area contributed by atoms with E-state index in [-0.39, 0.29) is 28.9 Å². The molecule has 5 N–H and O–H groups in total. The molecule has 0 bridgehead atoms. The number of fused-ring (bicyclic) bond motifs is 1. The third-order valence-corrected chi connectivity index (χ3v) is 5.84. The second kappa shape index (κ2) is 9.41. The third kappa shape index (κ3) is 4.20. The molecule has 0 radical (unpaired) electrons. The lowest BCUT2D eigenvalue weighted by Crippen LogP contribution is -2.12. The highest BCUT2D eigenvalue weighted by atomic mass is 16.5. The molecule has 3 aromatic carbocycles. The minimum absolute atomic E-state index is 0.0142. The summed E-state index contributed by atoms with van der Waals surface area (Å²) in [5.74, 6) is -4.33. The maximum absolute atomic E-state index is 13.1. The first-order valence-electron chi connectivity index (χ1n) is 10.6. The summed E-state index contributed by atoms with van der Waals surface area (Å²) in [5, 5.41) is 51.0. The van der Waals surface area contributed by atoms with Gasteiger partial charge in [-0.15, -0.1) is 0 Å². The van der Waals surface area contributed by atoms with Crippen molar-refractivity contribution < 1.29 is 44.2 Å². The fourth-order valence-electron chi connectivity index (χ4n) is 4.01. The predicted octanol–water partition coefficient (Wildman–Crippen LogP) is 3.69. The van der Waals surface area contributed by atoms with E-state index in [2.05, 4.69) is 0 Å². The summed E-state index contributed by atoms with van der Waals surface area (Å²) in [6.07, 6.45) is -0.268. The van der Waals surface area contributed by atoms with E-state index >= 15 is 0 Å². The monoisotopic (exact) mass is 494 g/mol. The van der Waals surface area contributed by atoms with Crippen molar-refractivity contribution in [1.82, 2.24) is 0 Å². The topological polar surface area (TPSA) is 167 Å². The summed E-state index contributed by atoms with van der Waals surface area (Å²) < 4.78 is 15.9. The van der Waals surface area contributed by atoms with Gasteiger partial charge in [-0.2, -0.15) is 0 Å². The van der Waals surface area contributed by atoms with Crippen LogP contribution in [-0.4, -0.2) is 45.7 Å². The lowest BCUT2D eigenvalue weighted by Gasteiger charge is -2.20. The van der Waals surface area contributed by atoms with Crippen molar-refractivity contribution in [1.29, 1.82) is 0 Å². The summed E-state index contributed by atoms with van der Waals surface area (Å²) in [4.78, 5) is 25.4. The molecule has 4 aromatic rings. The molecule has 0 aliphatic carbocycles. The van der Waals surface area contributed by atoms with Crippen LogP contribution in [0.1, 0.15) is 23.5 Å². The molecule has 0 aliphatic heterocycles. The normalized spacial score (nSPS) is 11.8. The van der Waals surface area contributed by atoms with Gasteiger partial charge in [0, 0.05) is 23.1 Å². The Balaban J connectivity index is 2.06. The molecule has 1 heterocycles. The van der Waals surface area contributed by atoms with Crippen LogP contribution in [0.25, 0.3) is 22.3 Å². The second-order valence-electron chi connectivity index (χ2n) is 7.95. The molecule has 1 aromatic heterocycles. The van der Waals surface area contributed by atoms with Crippen LogP contribution in [0, 0.1) is 0 Å². The van der Waals surface area contributed by atoms with Crippen molar-refractivity contribution in [2.75, 3.05) is 14.2 Å². The number of aromatic hydroxyl groups is 5. The van der Waals surface area contributed by atoms with Gasteiger partial charge in [-0.05, 0) is 35.9 Å². The molecule has 0 amide bonds. The average molecular weight is 494 g/mol. The van der Waals surface area contributed by atoms with Gasteiger partial charge in [0.05, 0.1) is 20.6 Å². The Morgan fingerprint density at radius 3 is 2.19 bits per heavy atom. The van der Waals surface area contributed by atoms with E-state index in [1.807, 2.05) is 0 Å². The number of benzene rings is 3. The highest BCUT2D eigenvalue weighted by molar-refractivity contribution is 5.92. The van der Waals surface area contributed by atoms with Gasteiger partial charge in [-0.25, -0.2) is 0 Å². The molecule has 0 saturated carbocycles. The number of hydrogen-bond donors (Lipinski definition) is 5. The third-order valence-electron chi connectivity index (χ3n) is 5.84. The van der Waals surface area contributed by atoms with Crippen LogP contribution in [0.2, 0.25) is 0 Å². The summed E-state index contributed by atoms with van der Waals surface area (Å²) in [5.41, 5.74) is -0.751. The van der Waals surface area contributed by atoms with Gasteiger partial charge in [-0.1, -0.05) is 12.1 Å². The minimum Gasteiger partial charge on any atom is -0.507 e. The zero-order valence-corrected chi connectivity index (χ0v) is 19.2. The van der Waals surface area contributed by atoms with E-state index in [9.17, 15) is 35.1 Å². The molecule has 4 rings (SSSR count). The van der Waals surface area contributed by atoms with Gasteiger partial charge in [0.1, 0.15) is 28.2 Å².